The van der Waals surface area contributed by atoms with Gasteiger partial charge in [0, 0.05) is 19.5 Å². The van der Waals surface area contributed by atoms with Crippen molar-refractivity contribution >= 4 is 11.8 Å². The summed E-state index contributed by atoms with van der Waals surface area (Å²) in [6, 6.07) is 23.1. The summed E-state index contributed by atoms with van der Waals surface area (Å²) < 4.78 is 5.97. The average molecular weight is 487 g/mol. The Morgan fingerprint density at radius 3 is 2.31 bits per heavy atom. The van der Waals surface area contributed by atoms with E-state index in [4.69, 9.17) is 4.74 Å². The molecule has 0 aliphatic rings. The number of unbranched alkanes of at least 4 members (excludes halogenated alkanes) is 1. The number of hydrogen-bond donors (Lipinski definition) is 1. The van der Waals surface area contributed by atoms with Crippen LogP contribution in [0.5, 0.6) is 5.75 Å². The van der Waals surface area contributed by atoms with Gasteiger partial charge in [0.2, 0.25) is 5.91 Å². The van der Waals surface area contributed by atoms with Gasteiger partial charge in [-0.3, -0.25) is 9.59 Å². The van der Waals surface area contributed by atoms with Gasteiger partial charge in [-0.15, -0.1) is 0 Å². The fourth-order valence-electron chi connectivity index (χ4n) is 4.05. The Hall–Kier alpha value is -3.60. The Labute approximate surface area is 215 Å². The van der Waals surface area contributed by atoms with Crippen LogP contribution < -0.4 is 10.1 Å². The minimum atomic E-state index is -0.653. The van der Waals surface area contributed by atoms with E-state index < -0.39 is 6.04 Å². The van der Waals surface area contributed by atoms with Crippen LogP contribution in [0.4, 0.5) is 0 Å². The van der Waals surface area contributed by atoms with Crippen molar-refractivity contribution in [2.75, 3.05) is 13.2 Å². The quantitative estimate of drug-likeness (QED) is 0.342. The van der Waals surface area contributed by atoms with Crippen molar-refractivity contribution in [1.29, 1.82) is 0 Å². The van der Waals surface area contributed by atoms with E-state index in [0.29, 0.717) is 25.3 Å². The second-order valence-electron chi connectivity index (χ2n) is 9.34. The minimum Gasteiger partial charge on any atom is -0.483 e. The third-order valence-corrected chi connectivity index (χ3v) is 6.48. The molecule has 0 radical (unpaired) electrons. The molecule has 0 saturated carbocycles. The number of rotatable bonds is 12. The lowest BCUT2D eigenvalue weighted by Gasteiger charge is -2.31. The molecular weight excluding hydrogens is 448 g/mol. The third kappa shape index (κ3) is 7.70. The highest BCUT2D eigenvalue weighted by atomic mass is 16.5. The summed E-state index contributed by atoms with van der Waals surface area (Å²) in [6.07, 6.45) is 2.31. The van der Waals surface area contributed by atoms with Gasteiger partial charge in [0.15, 0.2) is 6.61 Å². The number of nitrogens with one attached hydrogen (secondary N) is 1. The molecule has 0 spiro atoms. The van der Waals surface area contributed by atoms with E-state index in [2.05, 4.69) is 12.2 Å². The molecule has 0 fully saturated rings. The lowest BCUT2D eigenvalue weighted by molar-refractivity contribution is -0.142. The van der Waals surface area contributed by atoms with E-state index in [1.54, 1.807) is 4.90 Å². The van der Waals surface area contributed by atoms with Crippen LogP contribution in [0.25, 0.3) is 0 Å². The molecule has 5 nitrogen and oxygen atoms in total. The van der Waals surface area contributed by atoms with Crippen LogP contribution in [-0.2, 0) is 22.6 Å². The summed E-state index contributed by atoms with van der Waals surface area (Å²) in [5.41, 5.74) is 5.24. The molecule has 36 heavy (non-hydrogen) atoms. The predicted octanol–water partition coefficient (Wildman–Crippen LogP) is 5.55. The zero-order chi connectivity index (χ0) is 25.9. The van der Waals surface area contributed by atoms with Crippen LogP contribution >= 0.6 is 0 Å². The van der Waals surface area contributed by atoms with Crippen molar-refractivity contribution in [3.63, 3.8) is 0 Å². The van der Waals surface area contributed by atoms with E-state index in [-0.39, 0.29) is 18.4 Å². The summed E-state index contributed by atoms with van der Waals surface area (Å²) >= 11 is 0. The molecule has 0 aromatic heterocycles. The van der Waals surface area contributed by atoms with Gasteiger partial charge in [0.05, 0.1) is 0 Å². The van der Waals surface area contributed by atoms with Crippen molar-refractivity contribution in [1.82, 2.24) is 10.2 Å². The molecular formula is C31H38N2O3. The maximum absolute atomic E-state index is 13.7. The molecule has 0 heterocycles. The summed E-state index contributed by atoms with van der Waals surface area (Å²) in [5, 5.41) is 3.05. The first-order valence-corrected chi connectivity index (χ1v) is 12.7. The van der Waals surface area contributed by atoms with E-state index in [9.17, 15) is 9.59 Å². The smallest absolute Gasteiger partial charge is 0.261 e. The van der Waals surface area contributed by atoms with Crippen molar-refractivity contribution in [3.05, 3.63) is 101 Å². The molecule has 5 heteroatoms. The zero-order valence-electron chi connectivity index (χ0n) is 21.9. The Morgan fingerprint density at radius 2 is 1.61 bits per heavy atom. The SMILES string of the molecule is CCCCNC(=O)[C@@H](Cc1ccccc1)N(Cc1ccc(C)cc1)C(=O)COc1cccc(C)c1C. The van der Waals surface area contributed by atoms with Gasteiger partial charge < -0.3 is 15.0 Å². The van der Waals surface area contributed by atoms with Crippen molar-refractivity contribution in [2.45, 2.75) is 59.5 Å². The lowest BCUT2D eigenvalue weighted by atomic mass is 10.0. The average Bonchev–Trinajstić information content (AvgIpc) is 2.88. The first-order chi connectivity index (χ1) is 17.4. The summed E-state index contributed by atoms with van der Waals surface area (Å²) in [6.45, 7) is 8.90. The fourth-order valence-corrected chi connectivity index (χ4v) is 4.05. The number of ether oxygens (including phenoxy) is 1. The number of aryl methyl sites for hydroxylation is 2. The standard InChI is InChI=1S/C31H38N2O3/c1-5-6-19-32-31(35)28(20-26-12-8-7-9-13-26)33(21-27-17-15-23(2)16-18-27)30(34)22-36-29-14-10-11-24(3)25(29)4/h7-18,28H,5-6,19-22H2,1-4H3,(H,32,35)/t28-/m1/s1. The molecule has 0 bridgehead atoms. The van der Waals surface area contributed by atoms with Crippen molar-refractivity contribution < 1.29 is 14.3 Å². The molecule has 0 saturated heterocycles. The monoisotopic (exact) mass is 486 g/mol. The molecule has 0 aliphatic carbocycles. The fraction of sp³-hybridized carbons (Fsp3) is 0.355. The first-order valence-electron chi connectivity index (χ1n) is 12.7. The summed E-state index contributed by atoms with van der Waals surface area (Å²) in [4.78, 5) is 28.8. The molecule has 0 aliphatic heterocycles. The van der Waals surface area contributed by atoms with E-state index in [0.717, 1.165) is 40.7 Å². The normalized spacial score (nSPS) is 11.6. The second kappa shape index (κ2) is 13.5. The van der Waals surface area contributed by atoms with Crippen LogP contribution in [0, 0.1) is 20.8 Å². The van der Waals surface area contributed by atoms with Crippen molar-refractivity contribution in [3.8, 4) is 5.75 Å². The van der Waals surface area contributed by atoms with Gasteiger partial charge in [-0.2, -0.15) is 0 Å². The summed E-state index contributed by atoms with van der Waals surface area (Å²) in [5.74, 6) is 0.327. The Morgan fingerprint density at radius 1 is 0.889 bits per heavy atom. The topological polar surface area (TPSA) is 58.6 Å². The Kier molecular flexibility index (Phi) is 10.1. The van der Waals surface area contributed by atoms with Crippen molar-refractivity contribution in [2.24, 2.45) is 0 Å². The van der Waals surface area contributed by atoms with Crippen LogP contribution in [0.15, 0.2) is 72.8 Å². The van der Waals surface area contributed by atoms with Gasteiger partial charge >= 0.3 is 0 Å². The number of hydrogen-bond acceptors (Lipinski definition) is 3. The Balaban J connectivity index is 1.89. The molecule has 2 amide bonds. The molecule has 0 unspecified atom stereocenters. The second-order valence-corrected chi connectivity index (χ2v) is 9.34. The highest BCUT2D eigenvalue weighted by Crippen LogP contribution is 2.21. The maximum Gasteiger partial charge on any atom is 0.261 e. The number of nitrogens with zero attached hydrogens (tertiary/aromatic N) is 1. The van der Waals surface area contributed by atoms with Crippen LogP contribution in [-0.4, -0.2) is 35.9 Å². The zero-order valence-corrected chi connectivity index (χ0v) is 21.9. The van der Waals surface area contributed by atoms with Gasteiger partial charge in [-0.25, -0.2) is 0 Å². The van der Waals surface area contributed by atoms with E-state index in [1.165, 1.54) is 0 Å². The predicted molar refractivity (Wildman–Crippen MR) is 145 cm³/mol. The first kappa shape index (κ1) is 27.0. The van der Waals surface area contributed by atoms with E-state index in [1.807, 2.05) is 93.6 Å². The van der Waals surface area contributed by atoms with Crippen LogP contribution in [0.2, 0.25) is 0 Å². The number of carbonyl (C=O) groups excluding carboxylic acids is 2. The Bertz CT molecular complexity index is 1130. The highest BCUT2D eigenvalue weighted by molar-refractivity contribution is 5.88. The molecule has 3 aromatic carbocycles. The number of benzene rings is 3. The van der Waals surface area contributed by atoms with E-state index >= 15 is 0 Å². The molecule has 3 aromatic rings. The highest BCUT2D eigenvalue weighted by Gasteiger charge is 2.30. The maximum atomic E-state index is 13.7. The van der Waals surface area contributed by atoms with Gasteiger partial charge in [0.25, 0.3) is 5.91 Å². The minimum absolute atomic E-state index is 0.135. The lowest BCUT2D eigenvalue weighted by Crippen LogP contribution is -2.51. The van der Waals surface area contributed by atoms with Gasteiger partial charge in [-0.05, 0) is 55.5 Å². The number of carbonyl (C=O) groups is 2. The molecule has 1 N–H and O–H groups in total. The van der Waals surface area contributed by atoms with Crippen LogP contribution in [0.3, 0.4) is 0 Å². The molecule has 190 valence electrons. The van der Waals surface area contributed by atoms with Gasteiger partial charge in [-0.1, -0.05) is 85.6 Å². The molecule has 1 atom stereocenters. The summed E-state index contributed by atoms with van der Waals surface area (Å²) in [7, 11) is 0. The third-order valence-electron chi connectivity index (χ3n) is 6.48. The number of amides is 2. The van der Waals surface area contributed by atoms with Crippen LogP contribution in [0.1, 0.15) is 47.6 Å². The molecule has 3 rings (SSSR count). The van der Waals surface area contributed by atoms with Gasteiger partial charge in [0.1, 0.15) is 11.8 Å². The largest absolute Gasteiger partial charge is 0.483 e.